The second-order valence-electron chi connectivity index (χ2n) is 9.92. The summed E-state index contributed by atoms with van der Waals surface area (Å²) in [6, 6.07) is 2.91. The van der Waals surface area contributed by atoms with Gasteiger partial charge in [-0.2, -0.15) is 13.2 Å². The first-order valence-corrected chi connectivity index (χ1v) is 13.8. The number of nitrogens with zero attached hydrogens (tertiary/aromatic N) is 4. The van der Waals surface area contributed by atoms with Gasteiger partial charge in [-0.3, -0.25) is 9.59 Å². The van der Waals surface area contributed by atoms with Crippen LogP contribution in [0.4, 0.5) is 33.3 Å². The second-order valence-corrected chi connectivity index (χ2v) is 11.1. The number of aliphatic hydroxyl groups is 1. The van der Waals surface area contributed by atoms with Crippen molar-refractivity contribution in [2.45, 2.75) is 44.5 Å². The lowest BCUT2D eigenvalue weighted by molar-refractivity contribution is -0.191. The Kier molecular flexibility index (Phi) is 9.63. The Morgan fingerprint density at radius 3 is 2.40 bits per heavy atom. The summed E-state index contributed by atoms with van der Waals surface area (Å²) in [5.41, 5.74) is 0.598. The van der Waals surface area contributed by atoms with E-state index >= 15 is 0 Å². The molecule has 9 nitrogen and oxygen atoms in total. The van der Waals surface area contributed by atoms with Gasteiger partial charge in [0.05, 0.1) is 16.9 Å². The number of benzene rings is 1. The van der Waals surface area contributed by atoms with Crippen LogP contribution in [0.15, 0.2) is 30.5 Å². The molecule has 2 N–H and O–H groups in total. The van der Waals surface area contributed by atoms with Crippen LogP contribution in [0.25, 0.3) is 10.3 Å². The standard InChI is InChI=1S/C27H30F5N5O4S/c1-14-34-21-20(22(41-3)24(28)29)18(12-33-25(21)42-14)35-17-6-4-15(5-7-17)23(27(30,31)32)36(2)26(40)16-8-10-37(11-9-16)19(39)13-38/h4-7,12,16,22-24,35,38H,8-11,13H2,1-3H3/t22-,23+/m1/s1. The first-order chi connectivity index (χ1) is 19.8. The molecule has 2 aromatic heterocycles. The molecule has 0 spiro atoms. The van der Waals surface area contributed by atoms with Gasteiger partial charge in [0.1, 0.15) is 23.1 Å². The molecule has 3 heterocycles. The number of alkyl halides is 5. The van der Waals surface area contributed by atoms with E-state index in [2.05, 4.69) is 15.3 Å². The average Bonchev–Trinajstić information content (AvgIpc) is 3.34. The SMILES string of the molecule is CO[C@H](c1c(Nc2ccc([C@H](N(C)C(=O)C3CCN(C(=O)CO)CC3)C(F)(F)F)cc2)cnc2sc(C)nc12)C(F)F. The number of hydrogen-bond donors (Lipinski definition) is 2. The Morgan fingerprint density at radius 2 is 1.86 bits per heavy atom. The van der Waals surface area contributed by atoms with Gasteiger partial charge in [0.2, 0.25) is 11.8 Å². The van der Waals surface area contributed by atoms with Crippen molar-refractivity contribution < 1.29 is 41.4 Å². The van der Waals surface area contributed by atoms with Crippen molar-refractivity contribution in [2.75, 3.05) is 39.2 Å². The fourth-order valence-corrected chi connectivity index (χ4v) is 5.94. The molecule has 1 saturated heterocycles. The molecule has 2 amide bonds. The van der Waals surface area contributed by atoms with Gasteiger partial charge in [-0.15, -0.1) is 0 Å². The third-order valence-corrected chi connectivity index (χ3v) is 8.10. The highest BCUT2D eigenvalue weighted by Gasteiger charge is 2.46. The quantitative estimate of drug-likeness (QED) is 0.327. The largest absolute Gasteiger partial charge is 0.413 e. The van der Waals surface area contributed by atoms with Crippen molar-refractivity contribution in [1.29, 1.82) is 0 Å². The number of rotatable bonds is 9. The highest BCUT2D eigenvalue weighted by molar-refractivity contribution is 7.18. The second kappa shape index (κ2) is 12.8. The maximum absolute atomic E-state index is 14.3. The number of ether oxygens (including phenoxy) is 1. The summed E-state index contributed by atoms with van der Waals surface area (Å²) in [7, 11) is 2.24. The molecule has 4 rings (SSSR count). The van der Waals surface area contributed by atoms with Crippen molar-refractivity contribution >= 4 is 44.9 Å². The summed E-state index contributed by atoms with van der Waals surface area (Å²) in [6.07, 6.45) is -7.58. The van der Waals surface area contributed by atoms with Crippen LogP contribution < -0.4 is 5.32 Å². The van der Waals surface area contributed by atoms with Crippen molar-refractivity contribution in [2.24, 2.45) is 5.92 Å². The van der Waals surface area contributed by atoms with E-state index in [1.54, 1.807) is 6.92 Å². The van der Waals surface area contributed by atoms with E-state index in [0.717, 1.165) is 14.2 Å². The number of aryl methyl sites for hydroxylation is 1. The number of piperidine rings is 1. The van der Waals surface area contributed by atoms with Crippen LogP contribution in [0, 0.1) is 12.8 Å². The predicted octanol–water partition coefficient (Wildman–Crippen LogP) is 4.99. The molecule has 2 atom stereocenters. The third-order valence-electron chi connectivity index (χ3n) is 7.22. The summed E-state index contributed by atoms with van der Waals surface area (Å²) in [5, 5.41) is 12.6. The lowest BCUT2D eigenvalue weighted by atomic mass is 9.93. The number of likely N-dealkylation sites (tertiary alicyclic amines) is 1. The van der Waals surface area contributed by atoms with E-state index in [1.165, 1.54) is 46.7 Å². The highest BCUT2D eigenvalue weighted by atomic mass is 32.1. The maximum Gasteiger partial charge on any atom is 0.413 e. The molecule has 228 valence electrons. The molecule has 0 saturated carbocycles. The summed E-state index contributed by atoms with van der Waals surface area (Å²) < 4.78 is 75.6. The minimum atomic E-state index is -4.79. The Bertz CT molecular complexity index is 1410. The molecular formula is C27H30F5N5O4S. The third kappa shape index (κ3) is 6.63. The molecule has 1 fully saturated rings. The number of thiazole rings is 1. The molecule has 1 aliphatic heterocycles. The van der Waals surface area contributed by atoms with Gasteiger partial charge in [0.25, 0.3) is 6.43 Å². The summed E-state index contributed by atoms with van der Waals surface area (Å²) in [6.45, 7) is 1.38. The number of fused-ring (bicyclic) bond motifs is 1. The van der Waals surface area contributed by atoms with Crippen LogP contribution in [-0.4, -0.2) is 83.1 Å². The predicted molar refractivity (Wildman–Crippen MR) is 146 cm³/mol. The maximum atomic E-state index is 14.3. The van der Waals surface area contributed by atoms with Crippen LogP contribution in [0.2, 0.25) is 0 Å². The normalized spacial score (nSPS) is 16.1. The highest BCUT2D eigenvalue weighted by Crippen LogP contribution is 2.40. The number of hydrogen-bond acceptors (Lipinski definition) is 8. The van der Waals surface area contributed by atoms with Gasteiger partial charge in [0, 0.05) is 44.4 Å². The first-order valence-electron chi connectivity index (χ1n) is 13.0. The number of anilines is 2. The van der Waals surface area contributed by atoms with Crippen LogP contribution in [0.5, 0.6) is 0 Å². The number of nitrogens with one attached hydrogen (secondary N) is 1. The lowest BCUT2D eigenvalue weighted by Crippen LogP contribution is -2.47. The average molecular weight is 616 g/mol. The van der Waals surface area contributed by atoms with E-state index < -0.39 is 49.1 Å². The van der Waals surface area contributed by atoms with Gasteiger partial charge in [-0.25, -0.2) is 18.7 Å². The van der Waals surface area contributed by atoms with Gasteiger partial charge in [-0.05, 0) is 37.5 Å². The number of halogens is 5. The number of pyridine rings is 1. The molecule has 0 bridgehead atoms. The van der Waals surface area contributed by atoms with Gasteiger partial charge in [0.15, 0.2) is 6.04 Å². The van der Waals surface area contributed by atoms with E-state index in [0.29, 0.717) is 20.4 Å². The van der Waals surface area contributed by atoms with E-state index in [-0.39, 0.29) is 48.3 Å². The van der Waals surface area contributed by atoms with Crippen molar-refractivity contribution in [1.82, 2.24) is 19.8 Å². The topological polar surface area (TPSA) is 108 Å². The summed E-state index contributed by atoms with van der Waals surface area (Å²) in [4.78, 5) is 35.9. The van der Waals surface area contributed by atoms with E-state index in [4.69, 9.17) is 9.84 Å². The Hall–Kier alpha value is -3.43. The number of aromatic nitrogens is 2. The first kappa shape index (κ1) is 31.5. The molecule has 3 aromatic rings. The molecule has 1 aliphatic rings. The molecule has 42 heavy (non-hydrogen) atoms. The fraction of sp³-hybridized carbons (Fsp3) is 0.481. The number of carbonyl (C=O) groups excluding carboxylic acids is 2. The monoisotopic (exact) mass is 615 g/mol. The van der Waals surface area contributed by atoms with Crippen LogP contribution in [0.1, 0.15) is 41.1 Å². The molecule has 0 aliphatic carbocycles. The van der Waals surface area contributed by atoms with Gasteiger partial charge >= 0.3 is 6.18 Å². The van der Waals surface area contributed by atoms with Gasteiger partial charge < -0.3 is 25.0 Å². The summed E-state index contributed by atoms with van der Waals surface area (Å²) in [5.74, 6) is -1.90. The van der Waals surface area contributed by atoms with Crippen molar-refractivity contribution in [3.05, 3.63) is 46.6 Å². The zero-order valence-electron chi connectivity index (χ0n) is 23.0. The van der Waals surface area contributed by atoms with Crippen molar-refractivity contribution in [3.63, 3.8) is 0 Å². The number of aliphatic hydroxyl groups excluding tert-OH is 1. The van der Waals surface area contributed by atoms with Crippen LogP contribution in [-0.2, 0) is 14.3 Å². The van der Waals surface area contributed by atoms with Crippen molar-refractivity contribution in [3.8, 4) is 0 Å². The lowest BCUT2D eigenvalue weighted by Gasteiger charge is -2.36. The number of carbonyl (C=O) groups is 2. The molecule has 15 heteroatoms. The zero-order chi connectivity index (χ0) is 30.8. The van der Waals surface area contributed by atoms with Crippen LogP contribution in [0.3, 0.4) is 0 Å². The minimum absolute atomic E-state index is 0.0798. The fourth-order valence-electron chi connectivity index (χ4n) is 5.16. The molecular weight excluding hydrogens is 585 g/mol. The summed E-state index contributed by atoms with van der Waals surface area (Å²) >= 11 is 1.23. The zero-order valence-corrected chi connectivity index (χ0v) is 23.8. The minimum Gasteiger partial charge on any atom is -0.387 e. The smallest absolute Gasteiger partial charge is 0.387 e. The Balaban J connectivity index is 1.57. The number of amides is 2. The molecule has 0 radical (unpaired) electrons. The van der Waals surface area contributed by atoms with Crippen LogP contribution >= 0.6 is 11.3 Å². The Labute approximate surface area is 242 Å². The van der Waals surface area contributed by atoms with E-state index in [1.807, 2.05) is 0 Å². The number of methoxy groups -OCH3 is 1. The molecule has 0 unspecified atom stereocenters. The van der Waals surface area contributed by atoms with E-state index in [9.17, 15) is 31.5 Å². The Morgan fingerprint density at radius 1 is 1.21 bits per heavy atom. The van der Waals surface area contributed by atoms with Gasteiger partial charge in [-0.1, -0.05) is 23.5 Å². The molecule has 1 aromatic carbocycles.